The van der Waals surface area contributed by atoms with Crippen LogP contribution in [0.15, 0.2) is 5.16 Å². The zero-order chi connectivity index (χ0) is 9.78. The molecule has 0 spiro atoms. The van der Waals surface area contributed by atoms with Gasteiger partial charge in [-0.3, -0.25) is 4.79 Å². The monoisotopic (exact) mass is 173 g/mol. The molecule has 4 nitrogen and oxygen atoms in total. The number of esters is 1. The van der Waals surface area contributed by atoms with Gasteiger partial charge in [0, 0.05) is 13.6 Å². The first kappa shape index (κ1) is 10.9. The van der Waals surface area contributed by atoms with Crippen LogP contribution < -0.4 is 0 Å². The molecular weight excluding hydrogens is 158 g/mol. The van der Waals surface area contributed by atoms with E-state index in [2.05, 4.69) is 16.7 Å². The van der Waals surface area contributed by atoms with E-state index < -0.39 is 11.7 Å². The maximum atomic E-state index is 11.2. The molecule has 0 bridgehead atoms. The van der Waals surface area contributed by atoms with Crippen LogP contribution in [0.3, 0.4) is 0 Å². The number of carbonyl (C=O) groups is 1. The quantitative estimate of drug-likeness (QED) is 0.281. The van der Waals surface area contributed by atoms with E-state index in [1.54, 1.807) is 27.7 Å². The lowest BCUT2D eigenvalue weighted by atomic mass is 9.97. The molecule has 0 heterocycles. The van der Waals surface area contributed by atoms with Crippen molar-refractivity contribution in [2.24, 2.45) is 10.6 Å². The van der Waals surface area contributed by atoms with Crippen LogP contribution >= 0.6 is 0 Å². The Kier molecular flexibility index (Phi) is 3.73. The lowest BCUT2D eigenvalue weighted by Crippen LogP contribution is -2.27. The Morgan fingerprint density at radius 1 is 1.50 bits per heavy atom. The Hall–Kier alpha value is -1.06. The van der Waals surface area contributed by atoms with E-state index in [1.807, 2.05) is 0 Å². The molecule has 0 aliphatic carbocycles. The van der Waals surface area contributed by atoms with Gasteiger partial charge in [0.15, 0.2) is 0 Å². The van der Waals surface area contributed by atoms with Gasteiger partial charge in [0.1, 0.15) is 0 Å². The predicted molar refractivity (Wildman–Crippen MR) is 45.6 cm³/mol. The summed E-state index contributed by atoms with van der Waals surface area (Å²) in [4.78, 5) is 15.8. The van der Waals surface area contributed by atoms with E-state index in [0.717, 1.165) is 0 Å². The van der Waals surface area contributed by atoms with Crippen molar-refractivity contribution in [2.75, 3.05) is 0 Å². The van der Waals surface area contributed by atoms with Gasteiger partial charge in [0.25, 0.3) is 6.29 Å². The van der Waals surface area contributed by atoms with Crippen LogP contribution in [0.5, 0.6) is 0 Å². The highest BCUT2D eigenvalue weighted by Crippen LogP contribution is 2.16. The standard InChI is InChI=1S/C8H15NO3/c1-6(12-9-5)11-7(10)8(2,3)4/h6H,5H2,1-4H3. The molecule has 70 valence electrons. The number of rotatable bonds is 3. The average Bonchev–Trinajstić information content (AvgIpc) is 1.85. The van der Waals surface area contributed by atoms with E-state index in [0.29, 0.717) is 0 Å². The van der Waals surface area contributed by atoms with Crippen LogP contribution in [-0.2, 0) is 14.4 Å². The molecule has 0 N–H and O–H groups in total. The first-order chi connectivity index (χ1) is 5.38. The first-order valence-corrected chi connectivity index (χ1v) is 3.71. The SMILES string of the molecule is C=NOC(C)OC(=O)C(C)(C)C. The van der Waals surface area contributed by atoms with Crippen LogP contribution in [0, 0.1) is 5.41 Å². The zero-order valence-electron chi connectivity index (χ0n) is 7.96. The maximum absolute atomic E-state index is 11.2. The topological polar surface area (TPSA) is 47.9 Å². The molecule has 1 atom stereocenters. The molecule has 0 radical (unpaired) electrons. The Morgan fingerprint density at radius 3 is 2.33 bits per heavy atom. The summed E-state index contributed by atoms with van der Waals surface area (Å²) in [6, 6.07) is 0. The number of carbonyl (C=O) groups excluding carboxylic acids is 1. The van der Waals surface area contributed by atoms with Gasteiger partial charge in [-0.15, -0.1) is 0 Å². The van der Waals surface area contributed by atoms with Gasteiger partial charge in [-0.1, -0.05) is 5.16 Å². The van der Waals surface area contributed by atoms with Crippen molar-refractivity contribution in [1.82, 2.24) is 0 Å². The van der Waals surface area contributed by atoms with Crippen LogP contribution in [0.25, 0.3) is 0 Å². The van der Waals surface area contributed by atoms with Gasteiger partial charge in [0.2, 0.25) is 0 Å². The number of oxime groups is 1. The third kappa shape index (κ3) is 3.95. The Morgan fingerprint density at radius 2 is 2.00 bits per heavy atom. The summed E-state index contributed by atoms with van der Waals surface area (Å²) in [6.45, 7) is 9.99. The summed E-state index contributed by atoms with van der Waals surface area (Å²) in [7, 11) is 0. The second kappa shape index (κ2) is 4.09. The smallest absolute Gasteiger partial charge is 0.314 e. The fourth-order valence-corrected chi connectivity index (χ4v) is 0.454. The van der Waals surface area contributed by atoms with Gasteiger partial charge < -0.3 is 9.57 Å². The highest BCUT2D eigenvalue weighted by atomic mass is 16.8. The van der Waals surface area contributed by atoms with Gasteiger partial charge in [-0.05, 0) is 20.8 Å². The van der Waals surface area contributed by atoms with Crippen molar-refractivity contribution in [3.8, 4) is 0 Å². The maximum Gasteiger partial charge on any atom is 0.314 e. The molecule has 12 heavy (non-hydrogen) atoms. The molecule has 0 aliphatic heterocycles. The highest BCUT2D eigenvalue weighted by molar-refractivity contribution is 5.75. The molecule has 0 saturated heterocycles. The first-order valence-electron chi connectivity index (χ1n) is 3.71. The minimum absolute atomic E-state index is 0.321. The number of hydrogen-bond acceptors (Lipinski definition) is 4. The van der Waals surface area contributed by atoms with Crippen molar-refractivity contribution in [2.45, 2.75) is 34.0 Å². The summed E-state index contributed by atoms with van der Waals surface area (Å²) in [5.74, 6) is -0.321. The fraction of sp³-hybridized carbons (Fsp3) is 0.750. The summed E-state index contributed by atoms with van der Waals surface area (Å²) >= 11 is 0. The highest BCUT2D eigenvalue weighted by Gasteiger charge is 2.25. The summed E-state index contributed by atoms with van der Waals surface area (Å²) < 4.78 is 4.86. The van der Waals surface area contributed by atoms with Gasteiger partial charge in [-0.2, -0.15) is 0 Å². The fourth-order valence-electron chi connectivity index (χ4n) is 0.454. The van der Waals surface area contributed by atoms with E-state index in [1.165, 1.54) is 0 Å². The largest absolute Gasteiger partial charge is 0.423 e. The number of ether oxygens (including phenoxy) is 1. The van der Waals surface area contributed by atoms with E-state index in [4.69, 9.17) is 4.74 Å². The Balaban J connectivity index is 3.92. The molecule has 0 rings (SSSR count). The summed E-state index contributed by atoms with van der Waals surface area (Å²) in [5.41, 5.74) is -0.515. The van der Waals surface area contributed by atoms with Crippen LogP contribution in [-0.4, -0.2) is 19.0 Å². The molecule has 0 amide bonds. The molecule has 0 aliphatic rings. The van der Waals surface area contributed by atoms with Crippen molar-refractivity contribution >= 4 is 12.7 Å². The third-order valence-electron chi connectivity index (χ3n) is 1.11. The Bertz CT molecular complexity index is 172. The van der Waals surface area contributed by atoms with Gasteiger partial charge >= 0.3 is 5.97 Å². The minimum atomic E-state index is -0.672. The molecule has 0 aromatic carbocycles. The Labute approximate surface area is 72.5 Å². The van der Waals surface area contributed by atoms with E-state index in [-0.39, 0.29) is 5.97 Å². The predicted octanol–water partition coefficient (Wildman–Crippen LogP) is 1.55. The molecule has 0 aromatic rings. The van der Waals surface area contributed by atoms with Crippen molar-refractivity contribution in [3.05, 3.63) is 0 Å². The summed E-state index contributed by atoms with van der Waals surface area (Å²) in [5, 5.41) is 3.14. The van der Waals surface area contributed by atoms with Crippen LogP contribution in [0.4, 0.5) is 0 Å². The van der Waals surface area contributed by atoms with Crippen molar-refractivity contribution < 1.29 is 14.4 Å². The second-order valence-corrected chi connectivity index (χ2v) is 3.46. The molecule has 0 fully saturated rings. The van der Waals surface area contributed by atoms with Crippen molar-refractivity contribution in [1.29, 1.82) is 0 Å². The summed E-state index contributed by atoms with van der Waals surface area (Å²) in [6.07, 6.45) is -0.672. The average molecular weight is 173 g/mol. The number of nitrogens with zero attached hydrogens (tertiary/aromatic N) is 1. The van der Waals surface area contributed by atoms with Crippen LogP contribution in [0.1, 0.15) is 27.7 Å². The lowest BCUT2D eigenvalue weighted by Gasteiger charge is -2.19. The van der Waals surface area contributed by atoms with Crippen LogP contribution in [0.2, 0.25) is 0 Å². The van der Waals surface area contributed by atoms with E-state index >= 15 is 0 Å². The lowest BCUT2D eigenvalue weighted by molar-refractivity contribution is -0.183. The van der Waals surface area contributed by atoms with Gasteiger partial charge in [0.05, 0.1) is 5.41 Å². The molecule has 4 heteroatoms. The van der Waals surface area contributed by atoms with E-state index in [9.17, 15) is 4.79 Å². The molecule has 1 unspecified atom stereocenters. The molecule has 0 saturated carbocycles. The van der Waals surface area contributed by atoms with Gasteiger partial charge in [-0.25, -0.2) is 0 Å². The number of hydrogen-bond donors (Lipinski definition) is 0. The third-order valence-corrected chi connectivity index (χ3v) is 1.11. The zero-order valence-corrected chi connectivity index (χ0v) is 7.96. The normalized spacial score (nSPS) is 13.3. The molecular formula is C8H15NO3. The van der Waals surface area contributed by atoms with Crippen molar-refractivity contribution in [3.63, 3.8) is 0 Å². The molecule has 0 aromatic heterocycles. The minimum Gasteiger partial charge on any atom is -0.423 e. The second-order valence-electron chi connectivity index (χ2n) is 3.46.